The molecule has 0 bridgehead atoms. The van der Waals surface area contributed by atoms with Gasteiger partial charge in [0.05, 0.1) is 6.54 Å². The number of carboxylic acid groups (broad SMARTS) is 1. The lowest BCUT2D eigenvalue weighted by Crippen LogP contribution is -2.47. The van der Waals surface area contributed by atoms with Crippen LogP contribution in [-0.2, 0) is 19.1 Å². The average molecular weight is 293 g/mol. The Balaban J connectivity index is 4.20. The monoisotopic (exact) mass is 293 g/mol. The standard InChI is InChI=1S/C11H19NO8/c1-2-3-12-4-6(13)8(15)9(16)7(14)5-20-11(19)10(17)18/h7-9,12,14-16H,2-5H2,1H3,(H,17,18)/t7-,8-,9-/m1/s1. The number of esters is 1. The first-order valence-corrected chi connectivity index (χ1v) is 5.98. The summed E-state index contributed by atoms with van der Waals surface area (Å²) in [6.45, 7) is 1.39. The highest BCUT2D eigenvalue weighted by molar-refractivity contribution is 6.28. The van der Waals surface area contributed by atoms with Crippen molar-refractivity contribution in [2.45, 2.75) is 31.7 Å². The Labute approximate surface area is 115 Å². The van der Waals surface area contributed by atoms with Gasteiger partial charge in [0, 0.05) is 0 Å². The van der Waals surface area contributed by atoms with Gasteiger partial charge in [-0.3, -0.25) is 4.79 Å². The van der Waals surface area contributed by atoms with Gasteiger partial charge < -0.3 is 30.5 Å². The molecule has 20 heavy (non-hydrogen) atoms. The number of ketones is 1. The molecule has 5 N–H and O–H groups in total. The molecule has 9 nitrogen and oxygen atoms in total. The van der Waals surface area contributed by atoms with Gasteiger partial charge in [-0.05, 0) is 13.0 Å². The molecule has 9 heteroatoms. The van der Waals surface area contributed by atoms with Crippen molar-refractivity contribution < 1.29 is 39.5 Å². The number of carbonyl (C=O) groups is 3. The molecule has 0 rings (SSSR count). The zero-order valence-electron chi connectivity index (χ0n) is 11.0. The van der Waals surface area contributed by atoms with Crippen LogP contribution >= 0.6 is 0 Å². The van der Waals surface area contributed by atoms with Crippen LogP contribution in [0.3, 0.4) is 0 Å². The van der Waals surface area contributed by atoms with Crippen molar-refractivity contribution >= 4 is 17.7 Å². The average Bonchev–Trinajstić information content (AvgIpc) is 2.42. The minimum atomic E-state index is -1.88. The predicted octanol–water partition coefficient (Wildman–Crippen LogP) is -2.73. The molecule has 0 heterocycles. The van der Waals surface area contributed by atoms with Crippen molar-refractivity contribution in [3.63, 3.8) is 0 Å². The molecule has 0 aliphatic heterocycles. The lowest BCUT2D eigenvalue weighted by Gasteiger charge is -2.21. The minimum Gasteiger partial charge on any atom is -0.473 e. The number of aliphatic hydroxyl groups excluding tert-OH is 3. The van der Waals surface area contributed by atoms with Gasteiger partial charge >= 0.3 is 11.9 Å². The normalized spacial score (nSPS) is 15.2. The fraction of sp³-hybridized carbons (Fsp3) is 0.727. The summed E-state index contributed by atoms with van der Waals surface area (Å²) >= 11 is 0. The van der Waals surface area contributed by atoms with Gasteiger partial charge in [-0.25, -0.2) is 9.59 Å². The van der Waals surface area contributed by atoms with Gasteiger partial charge in [-0.2, -0.15) is 0 Å². The number of carbonyl (C=O) groups excluding carboxylic acids is 2. The molecule has 0 aliphatic carbocycles. The Morgan fingerprint density at radius 1 is 1.20 bits per heavy atom. The quantitative estimate of drug-likeness (QED) is 0.173. The Bertz CT molecular complexity index is 345. The fourth-order valence-corrected chi connectivity index (χ4v) is 1.22. The summed E-state index contributed by atoms with van der Waals surface area (Å²) in [7, 11) is 0. The number of hydrogen-bond donors (Lipinski definition) is 5. The molecule has 3 atom stereocenters. The van der Waals surface area contributed by atoms with Crippen LogP contribution in [0.15, 0.2) is 0 Å². The van der Waals surface area contributed by atoms with Crippen molar-refractivity contribution in [3.8, 4) is 0 Å². The molecule has 0 radical (unpaired) electrons. The molecule has 0 aromatic carbocycles. The molecule has 0 saturated heterocycles. The third kappa shape index (κ3) is 6.57. The van der Waals surface area contributed by atoms with E-state index in [1.165, 1.54) is 0 Å². The van der Waals surface area contributed by atoms with E-state index in [9.17, 15) is 29.7 Å². The number of Topliss-reactive ketones (excluding diaryl/α,β-unsaturated/α-hetero) is 1. The van der Waals surface area contributed by atoms with Crippen molar-refractivity contribution in [1.82, 2.24) is 5.32 Å². The van der Waals surface area contributed by atoms with E-state index in [1.807, 2.05) is 6.92 Å². The van der Waals surface area contributed by atoms with E-state index < -0.39 is 42.6 Å². The molecule has 0 aromatic rings. The molecule has 0 aromatic heterocycles. The van der Waals surface area contributed by atoms with Crippen LogP contribution in [-0.4, -0.2) is 76.2 Å². The molecule has 0 amide bonds. The van der Waals surface area contributed by atoms with Crippen LogP contribution < -0.4 is 5.32 Å². The van der Waals surface area contributed by atoms with Gasteiger partial charge in [0.25, 0.3) is 0 Å². The van der Waals surface area contributed by atoms with Gasteiger partial charge in [0.15, 0.2) is 5.78 Å². The molecule has 0 aliphatic rings. The number of aliphatic hydroxyl groups is 3. The summed E-state index contributed by atoms with van der Waals surface area (Å²) in [5.74, 6) is -4.21. The maximum absolute atomic E-state index is 11.4. The molecule has 0 saturated carbocycles. The van der Waals surface area contributed by atoms with E-state index in [2.05, 4.69) is 10.1 Å². The van der Waals surface area contributed by atoms with Gasteiger partial charge in [-0.1, -0.05) is 6.92 Å². The van der Waals surface area contributed by atoms with Crippen LogP contribution in [0, 0.1) is 0 Å². The molecular formula is C11H19NO8. The fourth-order valence-electron chi connectivity index (χ4n) is 1.22. The SMILES string of the molecule is CCCNCC(=O)[C@@H](O)[C@H](O)[C@H](O)COC(=O)C(=O)O. The first-order chi connectivity index (χ1) is 9.31. The number of ether oxygens (including phenoxy) is 1. The van der Waals surface area contributed by atoms with E-state index in [0.717, 1.165) is 6.42 Å². The Hall–Kier alpha value is -1.55. The maximum atomic E-state index is 11.4. The highest BCUT2D eigenvalue weighted by atomic mass is 16.6. The number of aliphatic carboxylic acids is 1. The predicted molar refractivity (Wildman–Crippen MR) is 64.8 cm³/mol. The summed E-state index contributed by atoms with van der Waals surface area (Å²) in [4.78, 5) is 32.2. The number of hydrogen-bond acceptors (Lipinski definition) is 8. The highest BCUT2D eigenvalue weighted by Crippen LogP contribution is 2.03. The number of nitrogens with one attached hydrogen (secondary N) is 1. The van der Waals surface area contributed by atoms with Crippen molar-refractivity contribution in [1.29, 1.82) is 0 Å². The molecule has 116 valence electrons. The third-order valence-electron chi connectivity index (χ3n) is 2.33. The third-order valence-corrected chi connectivity index (χ3v) is 2.33. The van der Waals surface area contributed by atoms with E-state index in [0.29, 0.717) is 6.54 Å². The van der Waals surface area contributed by atoms with Gasteiger partial charge in [0.1, 0.15) is 24.9 Å². The Morgan fingerprint density at radius 2 is 1.80 bits per heavy atom. The minimum absolute atomic E-state index is 0.187. The second kappa shape index (κ2) is 9.37. The van der Waals surface area contributed by atoms with Crippen LogP contribution in [0.2, 0.25) is 0 Å². The summed E-state index contributed by atoms with van der Waals surface area (Å²) in [5.41, 5.74) is 0. The first kappa shape index (κ1) is 18.4. The zero-order valence-corrected chi connectivity index (χ0v) is 11.0. The first-order valence-electron chi connectivity index (χ1n) is 5.98. The van der Waals surface area contributed by atoms with E-state index in [-0.39, 0.29) is 6.54 Å². The zero-order chi connectivity index (χ0) is 15.7. The second-order valence-electron chi connectivity index (χ2n) is 4.05. The van der Waals surface area contributed by atoms with Crippen molar-refractivity contribution in [2.24, 2.45) is 0 Å². The topological polar surface area (TPSA) is 153 Å². The summed E-state index contributed by atoms with van der Waals surface area (Å²) in [5, 5.41) is 39.3. The van der Waals surface area contributed by atoms with Crippen molar-refractivity contribution in [2.75, 3.05) is 19.7 Å². The molecule has 0 fully saturated rings. The molecule has 0 spiro atoms. The van der Waals surface area contributed by atoms with Crippen molar-refractivity contribution in [3.05, 3.63) is 0 Å². The van der Waals surface area contributed by atoms with E-state index in [1.54, 1.807) is 0 Å². The van der Waals surface area contributed by atoms with Crippen LogP contribution in [0.25, 0.3) is 0 Å². The van der Waals surface area contributed by atoms with Crippen LogP contribution in [0.5, 0.6) is 0 Å². The Morgan fingerprint density at radius 3 is 2.30 bits per heavy atom. The Kier molecular flexibility index (Phi) is 8.64. The maximum Gasteiger partial charge on any atom is 0.417 e. The number of carboxylic acids is 1. The summed E-state index contributed by atoms with van der Waals surface area (Å²) < 4.78 is 4.13. The summed E-state index contributed by atoms with van der Waals surface area (Å²) in [6, 6.07) is 0. The second-order valence-corrected chi connectivity index (χ2v) is 4.05. The van der Waals surface area contributed by atoms with Crippen LogP contribution in [0.1, 0.15) is 13.3 Å². The lowest BCUT2D eigenvalue weighted by molar-refractivity contribution is -0.168. The summed E-state index contributed by atoms with van der Waals surface area (Å²) in [6.07, 6.45) is -4.74. The van der Waals surface area contributed by atoms with Gasteiger partial charge in [0.2, 0.25) is 0 Å². The van der Waals surface area contributed by atoms with Gasteiger partial charge in [-0.15, -0.1) is 0 Å². The highest BCUT2D eigenvalue weighted by Gasteiger charge is 2.31. The van der Waals surface area contributed by atoms with E-state index >= 15 is 0 Å². The largest absolute Gasteiger partial charge is 0.473 e. The number of rotatable bonds is 9. The molecular weight excluding hydrogens is 274 g/mol. The van der Waals surface area contributed by atoms with E-state index in [4.69, 9.17) is 5.11 Å². The smallest absolute Gasteiger partial charge is 0.417 e. The van der Waals surface area contributed by atoms with Crippen LogP contribution in [0.4, 0.5) is 0 Å². The molecule has 0 unspecified atom stereocenters. The lowest BCUT2D eigenvalue weighted by atomic mass is 10.0.